The molecule has 0 aromatic heterocycles. The number of nitro benzene ring substituents is 2. The number of halogens is 1. The van der Waals surface area contributed by atoms with Gasteiger partial charge in [-0.15, -0.1) is 0 Å². The molecule has 0 aliphatic heterocycles. The number of nitrogens with zero attached hydrogens (tertiary/aromatic N) is 2. The van der Waals surface area contributed by atoms with E-state index >= 15 is 0 Å². The molecule has 0 atom stereocenters. The van der Waals surface area contributed by atoms with E-state index < -0.39 is 25.8 Å². The van der Waals surface area contributed by atoms with E-state index in [1.54, 1.807) is 0 Å². The zero-order valence-electron chi connectivity index (χ0n) is 14.0. The lowest BCUT2D eigenvalue weighted by molar-refractivity contribution is -0.385. The number of anilines is 1. The van der Waals surface area contributed by atoms with Gasteiger partial charge in [-0.05, 0) is 24.3 Å². The van der Waals surface area contributed by atoms with Gasteiger partial charge in [-0.3, -0.25) is 25.0 Å². The molecule has 0 unspecified atom stereocenters. The molecule has 1 amide bonds. The van der Waals surface area contributed by atoms with E-state index in [9.17, 15) is 33.4 Å². The Hall–Kier alpha value is -3.09. The van der Waals surface area contributed by atoms with Crippen molar-refractivity contribution in [1.82, 2.24) is 4.72 Å². The molecule has 0 spiro atoms. The first kappa shape index (κ1) is 21.2. The van der Waals surface area contributed by atoms with Crippen LogP contribution in [0.5, 0.6) is 0 Å². The molecule has 0 fully saturated rings. The molecule has 0 aliphatic carbocycles. The molecule has 2 N–H and O–H groups in total. The van der Waals surface area contributed by atoms with Crippen molar-refractivity contribution in [2.45, 2.75) is 11.3 Å². The highest BCUT2D eigenvalue weighted by atomic mass is 35.5. The van der Waals surface area contributed by atoms with Crippen molar-refractivity contribution in [3.05, 3.63) is 67.7 Å². The van der Waals surface area contributed by atoms with Gasteiger partial charge in [0.15, 0.2) is 0 Å². The third kappa shape index (κ3) is 5.45. The summed E-state index contributed by atoms with van der Waals surface area (Å²) in [6, 6.07) is 7.96. The Balaban J connectivity index is 1.93. The fraction of sp³-hybridized carbons (Fsp3) is 0.133. The summed E-state index contributed by atoms with van der Waals surface area (Å²) in [6.07, 6.45) is -0.247. The number of sulfonamides is 1. The Morgan fingerprint density at radius 3 is 2.25 bits per heavy atom. The molecule has 0 heterocycles. The van der Waals surface area contributed by atoms with Crippen molar-refractivity contribution in [1.29, 1.82) is 0 Å². The van der Waals surface area contributed by atoms with Crippen LogP contribution in [-0.2, 0) is 14.8 Å². The van der Waals surface area contributed by atoms with Gasteiger partial charge in [-0.2, -0.15) is 0 Å². The number of carbonyl (C=O) groups excluding carboxylic acids is 1. The van der Waals surface area contributed by atoms with Crippen LogP contribution in [-0.4, -0.2) is 30.7 Å². The summed E-state index contributed by atoms with van der Waals surface area (Å²) < 4.78 is 26.4. The number of rotatable bonds is 8. The molecule has 0 bridgehead atoms. The first-order valence-corrected chi connectivity index (χ1v) is 9.44. The number of nitro groups is 2. The number of hydrogen-bond donors (Lipinski definition) is 2. The molecule has 0 radical (unpaired) electrons. The largest absolute Gasteiger partial charge is 0.326 e. The second kappa shape index (κ2) is 8.73. The molecule has 2 rings (SSSR count). The van der Waals surface area contributed by atoms with Crippen molar-refractivity contribution < 1.29 is 23.1 Å². The summed E-state index contributed by atoms with van der Waals surface area (Å²) >= 11 is 5.68. The molecule has 0 aliphatic rings. The van der Waals surface area contributed by atoms with Crippen LogP contribution >= 0.6 is 11.6 Å². The lowest BCUT2D eigenvalue weighted by atomic mass is 10.2. The van der Waals surface area contributed by atoms with Gasteiger partial charge in [0.2, 0.25) is 15.9 Å². The minimum atomic E-state index is -3.95. The number of benzene rings is 2. The van der Waals surface area contributed by atoms with Crippen LogP contribution in [0.4, 0.5) is 17.1 Å². The molecule has 11 nitrogen and oxygen atoms in total. The van der Waals surface area contributed by atoms with Crippen LogP contribution in [0.15, 0.2) is 47.4 Å². The molecule has 13 heteroatoms. The highest BCUT2D eigenvalue weighted by Crippen LogP contribution is 2.27. The lowest BCUT2D eigenvalue weighted by Gasteiger charge is -2.08. The Kier molecular flexibility index (Phi) is 6.62. The quantitative estimate of drug-likeness (QED) is 0.481. The van der Waals surface area contributed by atoms with Crippen molar-refractivity contribution in [2.24, 2.45) is 0 Å². The summed E-state index contributed by atoms with van der Waals surface area (Å²) in [4.78, 5) is 31.8. The summed E-state index contributed by atoms with van der Waals surface area (Å²) in [5.41, 5.74) is -0.493. The number of non-ortho nitro benzene ring substituents is 1. The Morgan fingerprint density at radius 2 is 1.68 bits per heavy atom. The normalized spacial score (nSPS) is 11.0. The predicted octanol–water partition coefficient (Wildman–Crippen LogP) is 2.46. The number of hydrogen-bond acceptors (Lipinski definition) is 7. The van der Waals surface area contributed by atoms with Crippen LogP contribution in [0.25, 0.3) is 0 Å². The van der Waals surface area contributed by atoms with E-state index in [-0.39, 0.29) is 39.9 Å². The van der Waals surface area contributed by atoms with E-state index in [4.69, 9.17) is 11.6 Å². The maximum absolute atomic E-state index is 12.1. The summed E-state index contributed by atoms with van der Waals surface area (Å²) in [7, 11) is -3.95. The molecule has 0 saturated heterocycles. The zero-order valence-corrected chi connectivity index (χ0v) is 15.6. The molecule has 2 aromatic carbocycles. The smallest absolute Gasteiger partial charge is 0.289 e. The Labute approximate surface area is 163 Å². The van der Waals surface area contributed by atoms with Gasteiger partial charge in [-0.25, -0.2) is 13.1 Å². The molecule has 2 aromatic rings. The summed E-state index contributed by atoms with van der Waals surface area (Å²) in [6.45, 7) is -0.249. The average Bonchev–Trinajstić information content (AvgIpc) is 2.63. The van der Waals surface area contributed by atoms with Gasteiger partial charge in [0, 0.05) is 36.9 Å². The van der Waals surface area contributed by atoms with Gasteiger partial charge in [0.25, 0.3) is 11.4 Å². The maximum atomic E-state index is 12.1. The molecule has 148 valence electrons. The fourth-order valence-electron chi connectivity index (χ4n) is 2.08. The molecule has 0 saturated carbocycles. The highest BCUT2D eigenvalue weighted by Gasteiger charge is 2.17. The van der Waals surface area contributed by atoms with E-state index in [0.717, 1.165) is 30.3 Å². The molecular formula is C15H13ClN4O7S. The van der Waals surface area contributed by atoms with Crippen LogP contribution < -0.4 is 10.0 Å². The van der Waals surface area contributed by atoms with Crippen molar-refractivity contribution >= 4 is 44.6 Å². The van der Waals surface area contributed by atoms with Gasteiger partial charge in [0.05, 0.1) is 14.7 Å². The zero-order chi connectivity index (χ0) is 20.9. The van der Waals surface area contributed by atoms with Crippen LogP contribution in [0.1, 0.15) is 6.42 Å². The van der Waals surface area contributed by atoms with Crippen molar-refractivity contribution in [3.8, 4) is 0 Å². The third-order valence-electron chi connectivity index (χ3n) is 3.43. The lowest BCUT2D eigenvalue weighted by Crippen LogP contribution is -2.27. The minimum Gasteiger partial charge on any atom is -0.326 e. The monoisotopic (exact) mass is 428 g/mol. The Morgan fingerprint density at radius 1 is 1.04 bits per heavy atom. The van der Waals surface area contributed by atoms with Crippen molar-refractivity contribution in [2.75, 3.05) is 11.9 Å². The van der Waals surface area contributed by atoms with E-state index in [1.807, 2.05) is 0 Å². The standard InChI is InChI=1S/C15H13ClN4O7S/c16-13-6-1-10(9-14(13)20(24)25)18-15(21)7-8-17-28(26,27)12-4-2-11(3-5-12)19(22)23/h1-6,9,17H,7-8H2,(H,18,21). The SMILES string of the molecule is O=C(CCNS(=O)(=O)c1ccc([N+](=O)[O-])cc1)Nc1ccc(Cl)c([N+](=O)[O-])c1. The number of nitrogens with one attached hydrogen (secondary N) is 2. The minimum absolute atomic E-state index is 0.0844. The summed E-state index contributed by atoms with van der Waals surface area (Å²) in [5, 5.41) is 23.7. The number of amides is 1. The maximum Gasteiger partial charge on any atom is 0.289 e. The second-order valence-electron chi connectivity index (χ2n) is 5.37. The fourth-order valence-corrected chi connectivity index (χ4v) is 3.30. The first-order valence-electron chi connectivity index (χ1n) is 7.58. The number of carbonyl (C=O) groups is 1. The first-order chi connectivity index (χ1) is 13.1. The van der Waals surface area contributed by atoms with Crippen molar-refractivity contribution in [3.63, 3.8) is 0 Å². The van der Waals surface area contributed by atoms with Gasteiger partial charge >= 0.3 is 0 Å². The van der Waals surface area contributed by atoms with Gasteiger partial charge < -0.3 is 5.32 Å². The summed E-state index contributed by atoms with van der Waals surface area (Å²) in [5.74, 6) is -0.581. The third-order valence-corrected chi connectivity index (χ3v) is 5.23. The van der Waals surface area contributed by atoms with Crippen LogP contribution in [0.2, 0.25) is 5.02 Å². The van der Waals surface area contributed by atoms with Gasteiger partial charge in [-0.1, -0.05) is 11.6 Å². The highest BCUT2D eigenvalue weighted by molar-refractivity contribution is 7.89. The van der Waals surface area contributed by atoms with E-state index in [2.05, 4.69) is 10.0 Å². The van der Waals surface area contributed by atoms with E-state index in [0.29, 0.717) is 0 Å². The van der Waals surface area contributed by atoms with Crippen LogP contribution in [0, 0.1) is 20.2 Å². The Bertz CT molecular complexity index is 1030. The van der Waals surface area contributed by atoms with E-state index in [1.165, 1.54) is 12.1 Å². The molecule has 28 heavy (non-hydrogen) atoms. The van der Waals surface area contributed by atoms with Crippen LogP contribution in [0.3, 0.4) is 0 Å². The second-order valence-corrected chi connectivity index (χ2v) is 7.54. The topological polar surface area (TPSA) is 162 Å². The molecular weight excluding hydrogens is 416 g/mol. The predicted molar refractivity (Wildman–Crippen MR) is 99.6 cm³/mol. The van der Waals surface area contributed by atoms with Gasteiger partial charge in [0.1, 0.15) is 5.02 Å². The average molecular weight is 429 g/mol.